The van der Waals surface area contributed by atoms with Crippen molar-refractivity contribution in [3.05, 3.63) is 105 Å². The van der Waals surface area contributed by atoms with E-state index >= 15 is 0 Å². The Balaban J connectivity index is 1.86. The second kappa shape index (κ2) is 10.5. The van der Waals surface area contributed by atoms with E-state index in [1.54, 1.807) is 26.4 Å². The van der Waals surface area contributed by atoms with E-state index in [4.69, 9.17) is 9.47 Å². The monoisotopic (exact) mass is 572 g/mol. The number of nitrogens with one attached hydrogen (secondary N) is 1. The minimum absolute atomic E-state index is 0.00457. The number of rotatable bonds is 5. The van der Waals surface area contributed by atoms with Crippen LogP contribution in [0.2, 0.25) is 0 Å². The Labute approximate surface area is 230 Å². The number of aliphatic hydroxyl groups excluding tert-OH is 1. The summed E-state index contributed by atoms with van der Waals surface area (Å²) in [5.74, 6) is 0.529. The Morgan fingerprint density at radius 3 is 2.37 bits per heavy atom. The molecule has 1 aliphatic carbocycles. The first-order valence-corrected chi connectivity index (χ1v) is 13.3. The first-order valence-electron chi connectivity index (χ1n) is 12.5. The van der Waals surface area contributed by atoms with Crippen molar-refractivity contribution in [2.45, 2.75) is 32.1 Å². The van der Waals surface area contributed by atoms with Crippen molar-refractivity contribution >= 4 is 39.0 Å². The summed E-state index contributed by atoms with van der Waals surface area (Å²) in [6.07, 6.45) is 1.74. The molecule has 0 saturated carbocycles. The minimum Gasteiger partial charge on any atom is -0.507 e. The largest absolute Gasteiger partial charge is 0.507 e. The SMILES string of the molecule is COc1ccc(OC)c([C@H]2C(=C(O)c3ccc(C)cc3)C(=N)N(c3ccc(Br)cc3)C3=C2C(=O)CCC3)c1. The zero-order valence-electron chi connectivity index (χ0n) is 21.5. The van der Waals surface area contributed by atoms with Gasteiger partial charge in [-0.1, -0.05) is 45.8 Å². The molecule has 6 nitrogen and oxygen atoms in total. The number of amidine groups is 1. The number of ether oxygens (including phenoxy) is 2. The molecule has 0 saturated heterocycles. The maximum absolute atomic E-state index is 13.7. The number of Topliss-reactive ketones (excluding diaryl/α,β-unsaturated/α-hetero) is 1. The van der Waals surface area contributed by atoms with Crippen molar-refractivity contribution < 1.29 is 19.4 Å². The van der Waals surface area contributed by atoms with E-state index in [-0.39, 0.29) is 17.4 Å². The zero-order valence-corrected chi connectivity index (χ0v) is 23.1. The Kier molecular flexibility index (Phi) is 7.13. The molecule has 0 aromatic heterocycles. The van der Waals surface area contributed by atoms with Gasteiger partial charge in [0.25, 0.3) is 0 Å². The number of nitrogens with zero attached hydrogens (tertiary/aromatic N) is 1. The lowest BCUT2D eigenvalue weighted by Crippen LogP contribution is -2.42. The number of allylic oxidation sites excluding steroid dienone is 2. The van der Waals surface area contributed by atoms with Crippen LogP contribution in [0, 0.1) is 12.3 Å². The van der Waals surface area contributed by atoms with Crippen LogP contribution in [0.3, 0.4) is 0 Å². The Morgan fingerprint density at radius 2 is 1.71 bits per heavy atom. The van der Waals surface area contributed by atoms with Crippen molar-refractivity contribution in [3.8, 4) is 11.5 Å². The van der Waals surface area contributed by atoms with Crippen LogP contribution in [0.5, 0.6) is 11.5 Å². The zero-order chi connectivity index (χ0) is 27.0. The van der Waals surface area contributed by atoms with Gasteiger partial charge in [-0.25, -0.2) is 0 Å². The van der Waals surface area contributed by atoms with Gasteiger partial charge in [-0.2, -0.15) is 0 Å². The van der Waals surface area contributed by atoms with E-state index < -0.39 is 5.92 Å². The summed E-state index contributed by atoms with van der Waals surface area (Å²) >= 11 is 3.49. The van der Waals surface area contributed by atoms with Gasteiger partial charge in [-0.3, -0.25) is 15.1 Å². The fourth-order valence-electron chi connectivity index (χ4n) is 5.31. The molecule has 3 aromatic carbocycles. The van der Waals surface area contributed by atoms with Crippen LogP contribution in [0.15, 0.2) is 88.0 Å². The Morgan fingerprint density at radius 1 is 1.00 bits per heavy atom. The standard InChI is InChI=1S/C31H29BrN2O4/c1-18-7-9-19(10-8-18)30(36)29-27(23-17-22(37-2)15-16-26(23)38-3)28-24(5-4-6-25(28)35)34(31(29)33)21-13-11-20(32)12-14-21/h7-17,27,33,36H,4-6H2,1-3H3/t27-/m1/s1. The van der Waals surface area contributed by atoms with Gasteiger partial charge >= 0.3 is 0 Å². The lowest BCUT2D eigenvalue weighted by molar-refractivity contribution is -0.116. The maximum atomic E-state index is 13.7. The average molecular weight is 573 g/mol. The van der Waals surface area contributed by atoms with Gasteiger partial charge in [-0.05, 0) is 62.2 Å². The summed E-state index contributed by atoms with van der Waals surface area (Å²) in [5.41, 5.74) is 4.76. The fraction of sp³-hybridized carbons (Fsp3) is 0.226. The molecule has 0 radical (unpaired) electrons. The number of carbonyl (C=O) groups excluding carboxylic acids is 1. The summed E-state index contributed by atoms with van der Waals surface area (Å²) in [4.78, 5) is 15.5. The number of aryl methyl sites for hydroxylation is 1. The number of carbonyl (C=O) groups is 1. The van der Waals surface area contributed by atoms with E-state index in [9.17, 15) is 15.3 Å². The third kappa shape index (κ3) is 4.52. The number of halogens is 1. The van der Waals surface area contributed by atoms with Crippen LogP contribution < -0.4 is 14.4 Å². The van der Waals surface area contributed by atoms with Gasteiger partial charge in [0.1, 0.15) is 23.1 Å². The number of benzene rings is 3. The van der Waals surface area contributed by atoms with E-state index in [0.29, 0.717) is 53.0 Å². The molecule has 5 rings (SSSR count). The van der Waals surface area contributed by atoms with Gasteiger partial charge < -0.3 is 14.6 Å². The summed E-state index contributed by atoms with van der Waals surface area (Å²) in [6, 6.07) is 20.6. The molecule has 38 heavy (non-hydrogen) atoms. The van der Waals surface area contributed by atoms with E-state index in [1.165, 1.54) is 0 Å². The molecular weight excluding hydrogens is 544 g/mol. The normalized spacial score (nSPS) is 18.8. The second-order valence-corrected chi connectivity index (χ2v) is 10.4. The quantitative estimate of drug-likeness (QED) is 0.313. The predicted molar refractivity (Wildman–Crippen MR) is 153 cm³/mol. The molecule has 0 amide bonds. The highest BCUT2D eigenvalue weighted by Crippen LogP contribution is 2.50. The molecule has 1 aliphatic heterocycles. The number of methoxy groups -OCH3 is 2. The van der Waals surface area contributed by atoms with Gasteiger partial charge in [0.15, 0.2) is 5.78 Å². The lowest BCUT2D eigenvalue weighted by Gasteiger charge is -2.42. The number of ketones is 1. The van der Waals surface area contributed by atoms with Crippen LogP contribution >= 0.6 is 15.9 Å². The highest BCUT2D eigenvalue weighted by Gasteiger charge is 2.44. The molecule has 3 aromatic rings. The predicted octanol–water partition coefficient (Wildman–Crippen LogP) is 7.33. The topological polar surface area (TPSA) is 82.8 Å². The highest BCUT2D eigenvalue weighted by atomic mass is 79.9. The molecule has 2 aliphatic rings. The van der Waals surface area contributed by atoms with Gasteiger partial charge in [0.2, 0.25) is 0 Å². The summed E-state index contributed by atoms with van der Waals surface area (Å²) in [6.45, 7) is 1.98. The van der Waals surface area contributed by atoms with Gasteiger partial charge in [0, 0.05) is 44.6 Å². The van der Waals surface area contributed by atoms with Gasteiger partial charge in [0.05, 0.1) is 20.1 Å². The number of anilines is 1. The van der Waals surface area contributed by atoms with Crippen molar-refractivity contribution in [1.82, 2.24) is 0 Å². The third-order valence-corrected chi connectivity index (χ3v) is 7.70. The average Bonchev–Trinajstić information content (AvgIpc) is 2.93. The number of hydrogen-bond acceptors (Lipinski definition) is 5. The fourth-order valence-corrected chi connectivity index (χ4v) is 5.57. The summed E-state index contributed by atoms with van der Waals surface area (Å²) < 4.78 is 12.2. The summed E-state index contributed by atoms with van der Waals surface area (Å²) in [7, 11) is 3.16. The van der Waals surface area contributed by atoms with Crippen LogP contribution in [0.4, 0.5) is 5.69 Å². The second-order valence-electron chi connectivity index (χ2n) is 9.47. The minimum atomic E-state index is -0.705. The maximum Gasteiger partial charge on any atom is 0.161 e. The van der Waals surface area contributed by atoms with Crippen molar-refractivity contribution in [2.24, 2.45) is 0 Å². The van der Waals surface area contributed by atoms with Crippen LogP contribution in [0.25, 0.3) is 5.76 Å². The molecule has 7 heteroatoms. The molecular formula is C31H29BrN2O4. The van der Waals surface area contributed by atoms with Crippen LogP contribution in [-0.2, 0) is 4.79 Å². The summed E-state index contributed by atoms with van der Waals surface area (Å²) in [5, 5.41) is 21.3. The van der Waals surface area contributed by atoms with Crippen molar-refractivity contribution in [2.75, 3.05) is 19.1 Å². The third-order valence-electron chi connectivity index (χ3n) is 7.17. The smallest absolute Gasteiger partial charge is 0.161 e. The van der Waals surface area contributed by atoms with Crippen LogP contribution in [0.1, 0.15) is 41.9 Å². The van der Waals surface area contributed by atoms with E-state index in [1.807, 2.05) is 66.4 Å². The molecule has 1 atom stereocenters. The van der Waals surface area contributed by atoms with Gasteiger partial charge in [-0.15, -0.1) is 0 Å². The Hall–Kier alpha value is -3.84. The molecule has 0 unspecified atom stereocenters. The first kappa shape index (κ1) is 25.8. The lowest BCUT2D eigenvalue weighted by atomic mass is 9.73. The number of hydrogen-bond donors (Lipinski definition) is 2. The molecule has 1 heterocycles. The molecule has 2 N–H and O–H groups in total. The first-order chi connectivity index (χ1) is 18.3. The highest BCUT2D eigenvalue weighted by molar-refractivity contribution is 9.10. The van der Waals surface area contributed by atoms with E-state index in [0.717, 1.165) is 21.4 Å². The van der Waals surface area contributed by atoms with Crippen molar-refractivity contribution in [1.29, 1.82) is 5.41 Å². The molecule has 0 spiro atoms. The number of aliphatic hydroxyl groups is 1. The Bertz CT molecular complexity index is 1470. The molecule has 0 bridgehead atoms. The van der Waals surface area contributed by atoms with Crippen LogP contribution in [-0.4, -0.2) is 30.9 Å². The molecule has 194 valence electrons. The van der Waals surface area contributed by atoms with E-state index in [2.05, 4.69) is 15.9 Å². The van der Waals surface area contributed by atoms with Crippen molar-refractivity contribution in [3.63, 3.8) is 0 Å². The molecule has 0 fully saturated rings.